The molecule has 20 heavy (non-hydrogen) atoms. The van der Waals surface area contributed by atoms with E-state index in [1.807, 2.05) is 35.0 Å². The van der Waals surface area contributed by atoms with Gasteiger partial charge in [-0.3, -0.25) is 0 Å². The molecule has 1 aliphatic heterocycles. The molecule has 5 heteroatoms. The maximum atomic E-state index is 6.15. The SMILES string of the molecule is COC1(c2ccccc2)OCCCCC1n1cncn1. The minimum absolute atomic E-state index is 0.0140. The van der Waals surface area contributed by atoms with Gasteiger partial charge in [0.15, 0.2) is 0 Å². The van der Waals surface area contributed by atoms with Gasteiger partial charge in [-0.2, -0.15) is 5.10 Å². The maximum Gasteiger partial charge on any atom is 0.217 e. The van der Waals surface area contributed by atoms with Crippen molar-refractivity contribution in [3.63, 3.8) is 0 Å². The molecule has 5 nitrogen and oxygen atoms in total. The van der Waals surface area contributed by atoms with Crippen LogP contribution in [-0.2, 0) is 15.3 Å². The molecule has 0 bridgehead atoms. The Morgan fingerprint density at radius 2 is 2.15 bits per heavy atom. The number of rotatable bonds is 3. The van der Waals surface area contributed by atoms with Gasteiger partial charge in [0.1, 0.15) is 18.7 Å². The van der Waals surface area contributed by atoms with Crippen LogP contribution in [0.25, 0.3) is 0 Å². The molecular formula is C15H19N3O2. The number of hydrogen-bond acceptors (Lipinski definition) is 4. The molecule has 0 saturated carbocycles. The fraction of sp³-hybridized carbons (Fsp3) is 0.467. The molecule has 0 N–H and O–H groups in total. The lowest BCUT2D eigenvalue weighted by atomic mass is 9.94. The van der Waals surface area contributed by atoms with Crippen molar-refractivity contribution < 1.29 is 9.47 Å². The number of aromatic nitrogens is 3. The quantitative estimate of drug-likeness (QED) is 0.862. The topological polar surface area (TPSA) is 49.2 Å². The van der Waals surface area contributed by atoms with Crippen molar-refractivity contribution in [2.24, 2.45) is 0 Å². The Hall–Kier alpha value is -1.72. The highest BCUT2D eigenvalue weighted by molar-refractivity contribution is 5.22. The predicted molar refractivity (Wildman–Crippen MR) is 74.0 cm³/mol. The van der Waals surface area contributed by atoms with E-state index in [0.717, 1.165) is 24.8 Å². The Balaban J connectivity index is 2.08. The molecule has 1 aromatic heterocycles. The second-order valence-corrected chi connectivity index (χ2v) is 4.97. The molecule has 1 fully saturated rings. The summed E-state index contributed by atoms with van der Waals surface area (Å²) >= 11 is 0. The lowest BCUT2D eigenvalue weighted by Crippen LogP contribution is -2.41. The van der Waals surface area contributed by atoms with E-state index in [2.05, 4.69) is 10.1 Å². The van der Waals surface area contributed by atoms with Crippen LogP contribution in [-0.4, -0.2) is 28.5 Å². The van der Waals surface area contributed by atoms with Crippen molar-refractivity contribution >= 4 is 0 Å². The van der Waals surface area contributed by atoms with Crippen LogP contribution in [0, 0.1) is 0 Å². The average Bonchev–Trinajstić information content (AvgIpc) is 2.94. The number of methoxy groups -OCH3 is 1. The first-order chi connectivity index (χ1) is 9.87. The Morgan fingerprint density at radius 1 is 1.30 bits per heavy atom. The summed E-state index contributed by atoms with van der Waals surface area (Å²) in [6, 6.07) is 10.1. The fourth-order valence-electron chi connectivity index (χ4n) is 2.89. The van der Waals surface area contributed by atoms with Crippen LogP contribution in [0.3, 0.4) is 0 Å². The van der Waals surface area contributed by atoms with Gasteiger partial charge in [-0.05, 0) is 19.3 Å². The molecule has 2 aromatic rings. The first-order valence-corrected chi connectivity index (χ1v) is 6.95. The van der Waals surface area contributed by atoms with Crippen molar-refractivity contribution in [2.45, 2.75) is 31.1 Å². The van der Waals surface area contributed by atoms with Crippen molar-refractivity contribution in [1.29, 1.82) is 0 Å². The summed E-state index contributed by atoms with van der Waals surface area (Å²) in [7, 11) is 1.70. The Kier molecular flexibility index (Phi) is 3.80. The molecule has 1 aromatic carbocycles. The average molecular weight is 273 g/mol. The number of nitrogens with zero attached hydrogens (tertiary/aromatic N) is 3. The van der Waals surface area contributed by atoms with Crippen LogP contribution in [0.2, 0.25) is 0 Å². The van der Waals surface area contributed by atoms with Crippen LogP contribution in [0.4, 0.5) is 0 Å². The van der Waals surface area contributed by atoms with E-state index < -0.39 is 5.79 Å². The molecule has 2 heterocycles. The summed E-state index contributed by atoms with van der Waals surface area (Å²) in [6.45, 7) is 0.688. The van der Waals surface area contributed by atoms with Gasteiger partial charge in [0, 0.05) is 12.7 Å². The van der Waals surface area contributed by atoms with Crippen LogP contribution >= 0.6 is 0 Å². The van der Waals surface area contributed by atoms with Gasteiger partial charge < -0.3 is 9.47 Å². The van der Waals surface area contributed by atoms with E-state index in [-0.39, 0.29) is 6.04 Å². The van der Waals surface area contributed by atoms with Gasteiger partial charge in [-0.15, -0.1) is 0 Å². The van der Waals surface area contributed by atoms with E-state index in [9.17, 15) is 0 Å². The normalized spacial score (nSPS) is 27.1. The largest absolute Gasteiger partial charge is 0.348 e. The Morgan fingerprint density at radius 3 is 2.85 bits per heavy atom. The predicted octanol–water partition coefficient (Wildman–Crippen LogP) is 2.52. The standard InChI is InChI=1S/C15H19N3O2/c1-19-15(13-7-3-2-4-8-13)14(9-5-6-10-20-15)18-12-16-11-17-18/h2-4,7-8,11-12,14H,5-6,9-10H2,1H3. The molecule has 106 valence electrons. The Labute approximate surface area is 118 Å². The third kappa shape index (κ3) is 2.23. The minimum atomic E-state index is -0.800. The maximum absolute atomic E-state index is 6.15. The van der Waals surface area contributed by atoms with E-state index in [1.165, 1.54) is 0 Å². The monoisotopic (exact) mass is 273 g/mol. The summed E-state index contributed by atoms with van der Waals surface area (Å²) < 4.78 is 13.9. The molecule has 2 atom stereocenters. The third-order valence-corrected chi connectivity index (χ3v) is 3.86. The van der Waals surface area contributed by atoms with Crippen LogP contribution in [0.5, 0.6) is 0 Å². The summed E-state index contributed by atoms with van der Waals surface area (Å²) in [5.41, 5.74) is 1.02. The minimum Gasteiger partial charge on any atom is -0.348 e. The number of ether oxygens (including phenoxy) is 2. The molecule has 0 aliphatic carbocycles. The molecule has 3 rings (SSSR count). The summed E-state index contributed by atoms with van der Waals surface area (Å²) in [6.07, 6.45) is 6.35. The highest BCUT2D eigenvalue weighted by Crippen LogP contribution is 2.42. The third-order valence-electron chi connectivity index (χ3n) is 3.86. The van der Waals surface area contributed by atoms with Gasteiger partial charge in [0.05, 0.1) is 6.61 Å². The zero-order valence-electron chi connectivity index (χ0n) is 11.6. The lowest BCUT2D eigenvalue weighted by molar-refractivity contribution is -0.256. The smallest absolute Gasteiger partial charge is 0.217 e. The summed E-state index contributed by atoms with van der Waals surface area (Å²) in [5.74, 6) is -0.800. The van der Waals surface area contributed by atoms with Crippen LogP contribution in [0.15, 0.2) is 43.0 Å². The molecule has 0 spiro atoms. The molecule has 1 saturated heterocycles. The van der Waals surface area contributed by atoms with E-state index >= 15 is 0 Å². The lowest BCUT2D eigenvalue weighted by Gasteiger charge is -2.38. The van der Waals surface area contributed by atoms with Crippen LogP contribution < -0.4 is 0 Å². The second-order valence-electron chi connectivity index (χ2n) is 4.97. The van der Waals surface area contributed by atoms with Crippen molar-refractivity contribution in [1.82, 2.24) is 14.8 Å². The zero-order chi connectivity index (χ0) is 13.8. The Bertz CT molecular complexity index is 529. The van der Waals surface area contributed by atoms with Gasteiger partial charge >= 0.3 is 0 Å². The second kappa shape index (κ2) is 5.73. The van der Waals surface area contributed by atoms with Gasteiger partial charge in [0.25, 0.3) is 0 Å². The van der Waals surface area contributed by atoms with Crippen molar-refractivity contribution in [3.05, 3.63) is 48.5 Å². The first-order valence-electron chi connectivity index (χ1n) is 6.95. The molecule has 0 amide bonds. The summed E-state index contributed by atoms with van der Waals surface area (Å²) in [5, 5.41) is 4.30. The van der Waals surface area contributed by atoms with E-state index in [0.29, 0.717) is 6.61 Å². The van der Waals surface area contributed by atoms with Crippen molar-refractivity contribution in [3.8, 4) is 0 Å². The summed E-state index contributed by atoms with van der Waals surface area (Å²) in [4.78, 5) is 4.06. The van der Waals surface area contributed by atoms with Gasteiger partial charge in [-0.25, -0.2) is 9.67 Å². The van der Waals surface area contributed by atoms with Gasteiger partial charge in [0.2, 0.25) is 5.79 Å². The molecule has 0 radical (unpaired) electrons. The van der Waals surface area contributed by atoms with Crippen LogP contribution in [0.1, 0.15) is 30.9 Å². The number of benzene rings is 1. The number of hydrogen-bond donors (Lipinski definition) is 0. The first kappa shape index (κ1) is 13.3. The molecule has 1 aliphatic rings. The van der Waals surface area contributed by atoms with E-state index in [4.69, 9.17) is 9.47 Å². The van der Waals surface area contributed by atoms with Gasteiger partial charge in [-0.1, -0.05) is 30.3 Å². The fourth-order valence-corrected chi connectivity index (χ4v) is 2.89. The molecular weight excluding hydrogens is 254 g/mol. The molecule has 2 unspecified atom stereocenters. The van der Waals surface area contributed by atoms with E-state index in [1.54, 1.807) is 19.8 Å². The highest BCUT2D eigenvalue weighted by atomic mass is 16.7. The highest BCUT2D eigenvalue weighted by Gasteiger charge is 2.44. The van der Waals surface area contributed by atoms with Crippen molar-refractivity contribution in [2.75, 3.05) is 13.7 Å². The zero-order valence-corrected chi connectivity index (χ0v) is 11.6.